The lowest BCUT2D eigenvalue weighted by Crippen LogP contribution is -2.48. The lowest BCUT2D eigenvalue weighted by atomic mass is 9.75. The van der Waals surface area contributed by atoms with E-state index in [4.69, 9.17) is 5.73 Å². The predicted octanol–water partition coefficient (Wildman–Crippen LogP) is 2.36. The van der Waals surface area contributed by atoms with E-state index >= 15 is 0 Å². The fraction of sp³-hybridized carbons (Fsp3) is 0.417. The van der Waals surface area contributed by atoms with E-state index in [-0.39, 0.29) is 17.2 Å². The first-order chi connectivity index (χ1) is 7.98. The van der Waals surface area contributed by atoms with Crippen molar-refractivity contribution in [3.63, 3.8) is 0 Å². The number of carbonyl (C=O) groups is 1. The van der Waals surface area contributed by atoms with Gasteiger partial charge in [-0.3, -0.25) is 4.79 Å². The number of benzene rings is 1. The molecule has 0 bridgehead atoms. The highest BCUT2D eigenvalue weighted by atomic mass is 79.9. The summed E-state index contributed by atoms with van der Waals surface area (Å²) in [5, 5.41) is 12.3. The average Bonchev–Trinajstić information content (AvgIpc) is 2.21. The molecule has 1 saturated carbocycles. The molecule has 17 heavy (non-hydrogen) atoms. The normalized spacial score (nSPS) is 17.3. The van der Waals surface area contributed by atoms with Gasteiger partial charge in [0.25, 0.3) is 0 Å². The van der Waals surface area contributed by atoms with Crippen molar-refractivity contribution in [1.82, 2.24) is 0 Å². The van der Waals surface area contributed by atoms with E-state index in [1.807, 2.05) is 0 Å². The van der Waals surface area contributed by atoms with Crippen LogP contribution in [0.4, 0.5) is 5.69 Å². The first-order valence-electron chi connectivity index (χ1n) is 5.56. The largest absolute Gasteiger partial charge is 0.506 e. The van der Waals surface area contributed by atoms with Gasteiger partial charge in [-0.2, -0.15) is 0 Å². The van der Waals surface area contributed by atoms with Gasteiger partial charge in [0, 0.05) is 16.4 Å². The van der Waals surface area contributed by atoms with E-state index in [1.54, 1.807) is 12.1 Å². The van der Waals surface area contributed by atoms with Crippen molar-refractivity contribution in [1.29, 1.82) is 0 Å². The molecule has 1 amide bonds. The zero-order valence-electron chi connectivity index (χ0n) is 9.37. The maximum absolute atomic E-state index is 11.8. The number of rotatable bonds is 3. The molecule has 4 nitrogen and oxygen atoms in total. The van der Waals surface area contributed by atoms with Crippen molar-refractivity contribution in [3.8, 4) is 5.75 Å². The first-order valence-corrected chi connectivity index (χ1v) is 6.35. The number of halogens is 1. The second-order valence-electron chi connectivity index (χ2n) is 4.60. The molecule has 0 spiro atoms. The zero-order valence-corrected chi connectivity index (χ0v) is 11.0. The molecule has 1 fully saturated rings. The quantitative estimate of drug-likeness (QED) is 0.750. The van der Waals surface area contributed by atoms with E-state index in [0.717, 1.165) is 23.7 Å². The van der Waals surface area contributed by atoms with E-state index in [1.165, 1.54) is 6.07 Å². The summed E-state index contributed by atoms with van der Waals surface area (Å²) in [5.41, 5.74) is 6.06. The minimum absolute atomic E-state index is 0.0567. The van der Waals surface area contributed by atoms with Gasteiger partial charge < -0.3 is 16.2 Å². The summed E-state index contributed by atoms with van der Waals surface area (Å²) in [5.74, 6) is -0.0955. The molecule has 0 radical (unpaired) electrons. The SMILES string of the molecule is NC1(CC(=O)Nc2cc(Br)ccc2O)CCC1. The molecule has 92 valence electrons. The highest BCUT2D eigenvalue weighted by Gasteiger charge is 2.34. The molecule has 0 aliphatic heterocycles. The van der Waals surface area contributed by atoms with Crippen molar-refractivity contribution in [2.75, 3.05) is 5.32 Å². The van der Waals surface area contributed by atoms with Gasteiger partial charge in [-0.25, -0.2) is 0 Å². The number of amides is 1. The molecular formula is C12H15BrN2O2. The number of aromatic hydroxyl groups is 1. The second-order valence-corrected chi connectivity index (χ2v) is 5.52. The zero-order chi connectivity index (χ0) is 12.5. The lowest BCUT2D eigenvalue weighted by molar-refractivity contribution is -0.118. The van der Waals surface area contributed by atoms with Crippen molar-refractivity contribution < 1.29 is 9.90 Å². The summed E-state index contributed by atoms with van der Waals surface area (Å²) < 4.78 is 0.803. The van der Waals surface area contributed by atoms with Crippen LogP contribution in [0, 0.1) is 0 Å². The van der Waals surface area contributed by atoms with Crippen LogP contribution >= 0.6 is 15.9 Å². The first kappa shape index (κ1) is 12.4. The Bertz CT molecular complexity index is 444. The summed E-state index contributed by atoms with van der Waals surface area (Å²) >= 11 is 3.29. The van der Waals surface area contributed by atoms with Crippen LogP contribution in [0.15, 0.2) is 22.7 Å². The van der Waals surface area contributed by atoms with E-state index in [0.29, 0.717) is 12.1 Å². The molecule has 0 heterocycles. The molecule has 2 rings (SSSR count). The molecule has 0 aromatic heterocycles. The number of nitrogens with one attached hydrogen (secondary N) is 1. The molecule has 0 atom stereocenters. The molecule has 5 heteroatoms. The molecule has 0 unspecified atom stereocenters. The van der Waals surface area contributed by atoms with Gasteiger partial charge in [0.2, 0.25) is 5.91 Å². The number of phenolic OH excluding ortho intramolecular Hbond substituents is 1. The number of hydrogen-bond acceptors (Lipinski definition) is 3. The van der Waals surface area contributed by atoms with Crippen molar-refractivity contribution in [2.24, 2.45) is 5.73 Å². The van der Waals surface area contributed by atoms with Gasteiger partial charge >= 0.3 is 0 Å². The van der Waals surface area contributed by atoms with E-state index < -0.39 is 0 Å². The highest BCUT2D eigenvalue weighted by Crippen LogP contribution is 2.33. The van der Waals surface area contributed by atoms with Crippen LogP contribution in [-0.2, 0) is 4.79 Å². The summed E-state index contributed by atoms with van der Waals surface area (Å²) in [7, 11) is 0. The number of phenols is 1. The molecule has 4 N–H and O–H groups in total. The maximum atomic E-state index is 11.8. The minimum Gasteiger partial charge on any atom is -0.506 e. The standard InChI is InChI=1S/C12H15BrN2O2/c13-8-2-3-10(16)9(6-8)15-11(17)7-12(14)4-1-5-12/h2-3,6,16H,1,4-5,7,14H2,(H,15,17). The molecule has 1 aromatic rings. The molecule has 0 saturated heterocycles. The smallest absolute Gasteiger partial charge is 0.226 e. The monoisotopic (exact) mass is 298 g/mol. The van der Waals surface area contributed by atoms with Crippen LogP contribution in [-0.4, -0.2) is 16.6 Å². The van der Waals surface area contributed by atoms with Gasteiger partial charge in [0.15, 0.2) is 0 Å². The predicted molar refractivity (Wildman–Crippen MR) is 69.8 cm³/mol. The Morgan fingerprint density at radius 2 is 2.24 bits per heavy atom. The van der Waals surface area contributed by atoms with Crippen LogP contribution in [0.3, 0.4) is 0 Å². The van der Waals surface area contributed by atoms with Crippen LogP contribution in [0.1, 0.15) is 25.7 Å². The van der Waals surface area contributed by atoms with Gasteiger partial charge in [-0.1, -0.05) is 15.9 Å². The van der Waals surface area contributed by atoms with Crippen LogP contribution in [0.25, 0.3) is 0 Å². The molecule has 1 aliphatic carbocycles. The van der Waals surface area contributed by atoms with E-state index in [2.05, 4.69) is 21.2 Å². The Morgan fingerprint density at radius 3 is 2.82 bits per heavy atom. The molecule has 1 aliphatic rings. The number of nitrogens with two attached hydrogens (primary N) is 1. The molecular weight excluding hydrogens is 284 g/mol. The van der Waals surface area contributed by atoms with Gasteiger partial charge in [0.1, 0.15) is 5.75 Å². The Hall–Kier alpha value is -1.07. The fourth-order valence-electron chi connectivity index (χ4n) is 1.93. The summed E-state index contributed by atoms with van der Waals surface area (Å²) in [6.07, 6.45) is 3.18. The Morgan fingerprint density at radius 1 is 1.53 bits per heavy atom. The van der Waals surface area contributed by atoms with Crippen LogP contribution in [0.5, 0.6) is 5.75 Å². The third-order valence-electron chi connectivity index (χ3n) is 3.09. The highest BCUT2D eigenvalue weighted by molar-refractivity contribution is 9.10. The third-order valence-corrected chi connectivity index (χ3v) is 3.59. The van der Waals surface area contributed by atoms with Crippen LogP contribution in [0.2, 0.25) is 0 Å². The third kappa shape index (κ3) is 2.98. The maximum Gasteiger partial charge on any atom is 0.226 e. The second kappa shape index (κ2) is 4.66. The van der Waals surface area contributed by atoms with E-state index in [9.17, 15) is 9.90 Å². The number of anilines is 1. The Kier molecular flexibility index (Phi) is 3.40. The van der Waals surface area contributed by atoms with Crippen molar-refractivity contribution in [2.45, 2.75) is 31.2 Å². The average molecular weight is 299 g/mol. The Balaban J connectivity index is 2.00. The fourth-order valence-corrected chi connectivity index (χ4v) is 2.29. The topological polar surface area (TPSA) is 75.4 Å². The lowest BCUT2D eigenvalue weighted by Gasteiger charge is -2.37. The Labute approximate surface area is 108 Å². The van der Waals surface area contributed by atoms with Crippen LogP contribution < -0.4 is 11.1 Å². The van der Waals surface area contributed by atoms with Crippen molar-refractivity contribution >= 4 is 27.5 Å². The minimum atomic E-state index is -0.342. The van der Waals surface area contributed by atoms with Crippen molar-refractivity contribution in [3.05, 3.63) is 22.7 Å². The van der Waals surface area contributed by atoms with Gasteiger partial charge in [-0.15, -0.1) is 0 Å². The van der Waals surface area contributed by atoms with Gasteiger partial charge in [0.05, 0.1) is 5.69 Å². The number of carbonyl (C=O) groups excluding carboxylic acids is 1. The summed E-state index contributed by atoms with van der Waals surface area (Å²) in [4.78, 5) is 11.8. The summed E-state index contributed by atoms with van der Waals surface area (Å²) in [6.45, 7) is 0. The van der Waals surface area contributed by atoms with Gasteiger partial charge in [-0.05, 0) is 37.5 Å². The molecule has 1 aromatic carbocycles. The number of hydrogen-bond donors (Lipinski definition) is 3. The summed E-state index contributed by atoms with van der Waals surface area (Å²) in [6, 6.07) is 4.90.